The monoisotopic (exact) mass is 299 g/mol. The maximum absolute atomic E-state index is 10.2. The van der Waals surface area contributed by atoms with Gasteiger partial charge in [0.15, 0.2) is 0 Å². The molecular weight excluding hydrogens is 274 g/mol. The van der Waals surface area contributed by atoms with Crippen molar-refractivity contribution in [3.05, 3.63) is 35.9 Å². The molecule has 1 aromatic rings. The first-order chi connectivity index (χ1) is 9.43. The van der Waals surface area contributed by atoms with Crippen LogP contribution in [0.15, 0.2) is 30.3 Å². The third-order valence-corrected chi connectivity index (χ3v) is 2.67. The standard InChI is InChI=1S/C7H6O2.C6H13N.CH3NO2.H3N/c8-7(9)6-4-2-1-3-5-6;7-6-4-2-1-3-5-6;2-1(3)4;/h1-5H,(H,8,9);6H,1-5,7H2;2H2,(H,3,4);1H3. The van der Waals surface area contributed by atoms with E-state index in [0.717, 1.165) is 0 Å². The second-order valence-electron chi connectivity index (χ2n) is 4.41. The Morgan fingerprint density at radius 1 is 1.00 bits per heavy atom. The molecule has 0 aliphatic heterocycles. The molecule has 1 amide bonds. The first kappa shape index (κ1) is 21.2. The Bertz CT molecular complexity index is 388. The van der Waals surface area contributed by atoms with Crippen LogP contribution >= 0.6 is 0 Å². The molecule has 0 atom stereocenters. The van der Waals surface area contributed by atoms with Gasteiger partial charge in [0.2, 0.25) is 0 Å². The van der Waals surface area contributed by atoms with Gasteiger partial charge in [-0.15, -0.1) is 0 Å². The highest BCUT2D eigenvalue weighted by molar-refractivity contribution is 5.87. The number of benzene rings is 1. The second kappa shape index (κ2) is 12.9. The molecule has 1 aliphatic rings. The van der Waals surface area contributed by atoms with Gasteiger partial charge in [0.1, 0.15) is 0 Å². The molecule has 1 fully saturated rings. The first-order valence-corrected chi connectivity index (χ1v) is 6.45. The van der Waals surface area contributed by atoms with Crippen LogP contribution in [0.2, 0.25) is 0 Å². The molecule has 0 spiro atoms. The molecule has 2 rings (SSSR count). The van der Waals surface area contributed by atoms with Crippen LogP contribution in [0.3, 0.4) is 0 Å². The molecule has 0 saturated heterocycles. The fraction of sp³-hybridized carbons (Fsp3) is 0.429. The number of carboxylic acid groups (broad SMARTS) is 2. The lowest BCUT2D eigenvalue weighted by Gasteiger charge is -2.15. The average Bonchev–Trinajstić information content (AvgIpc) is 2.41. The minimum absolute atomic E-state index is 0. The Kier molecular flexibility index (Phi) is 13.0. The summed E-state index contributed by atoms with van der Waals surface area (Å²) >= 11 is 0. The Hall–Kier alpha value is -2.12. The van der Waals surface area contributed by atoms with E-state index in [2.05, 4.69) is 5.73 Å². The summed E-state index contributed by atoms with van der Waals surface area (Å²) in [6, 6.07) is 8.83. The molecule has 0 unspecified atom stereocenters. The molecule has 7 heteroatoms. The van der Waals surface area contributed by atoms with Gasteiger partial charge in [0.25, 0.3) is 0 Å². The molecule has 7 nitrogen and oxygen atoms in total. The molecule has 120 valence electrons. The molecule has 9 N–H and O–H groups in total. The summed E-state index contributed by atoms with van der Waals surface area (Å²) in [5, 5.41) is 15.6. The summed E-state index contributed by atoms with van der Waals surface area (Å²) in [5.74, 6) is -0.879. The van der Waals surface area contributed by atoms with Crippen molar-refractivity contribution >= 4 is 12.1 Å². The lowest BCUT2D eigenvalue weighted by Crippen LogP contribution is -2.22. The second-order valence-corrected chi connectivity index (χ2v) is 4.41. The van der Waals surface area contributed by atoms with Crippen LogP contribution < -0.4 is 17.6 Å². The Morgan fingerprint density at radius 2 is 1.43 bits per heavy atom. The Balaban J connectivity index is 0. The van der Waals surface area contributed by atoms with E-state index in [4.69, 9.17) is 20.7 Å². The fourth-order valence-corrected chi connectivity index (χ4v) is 1.71. The lowest BCUT2D eigenvalue weighted by molar-refractivity contribution is 0.0697. The van der Waals surface area contributed by atoms with E-state index in [0.29, 0.717) is 11.6 Å². The van der Waals surface area contributed by atoms with Gasteiger partial charge < -0.3 is 27.8 Å². The predicted molar refractivity (Wildman–Crippen MR) is 81.7 cm³/mol. The molecule has 1 saturated carbocycles. The van der Waals surface area contributed by atoms with Crippen molar-refractivity contribution in [2.75, 3.05) is 0 Å². The van der Waals surface area contributed by atoms with Crippen molar-refractivity contribution in [1.29, 1.82) is 0 Å². The zero-order chi connectivity index (χ0) is 15.4. The number of nitrogens with two attached hydrogens (primary N) is 2. The zero-order valence-corrected chi connectivity index (χ0v) is 12.1. The molecular formula is C14H25N3O4. The summed E-state index contributed by atoms with van der Waals surface area (Å²) in [5.41, 5.74) is 9.99. The summed E-state index contributed by atoms with van der Waals surface area (Å²) in [7, 11) is 0. The van der Waals surface area contributed by atoms with E-state index in [-0.39, 0.29) is 6.15 Å². The van der Waals surface area contributed by atoms with Crippen LogP contribution in [0.5, 0.6) is 0 Å². The van der Waals surface area contributed by atoms with Gasteiger partial charge in [-0.1, -0.05) is 37.5 Å². The molecule has 0 radical (unpaired) electrons. The minimum Gasteiger partial charge on any atom is -0.478 e. The van der Waals surface area contributed by atoms with Crippen molar-refractivity contribution in [2.24, 2.45) is 11.5 Å². The molecule has 21 heavy (non-hydrogen) atoms. The van der Waals surface area contributed by atoms with Crippen LogP contribution in [-0.2, 0) is 0 Å². The van der Waals surface area contributed by atoms with Crippen molar-refractivity contribution in [2.45, 2.75) is 38.1 Å². The number of amides is 1. The molecule has 1 aliphatic carbocycles. The first-order valence-electron chi connectivity index (χ1n) is 6.45. The largest absolute Gasteiger partial charge is 0.478 e. The van der Waals surface area contributed by atoms with Crippen LogP contribution in [0.25, 0.3) is 0 Å². The number of hydrogen-bond acceptors (Lipinski definition) is 4. The fourth-order valence-electron chi connectivity index (χ4n) is 1.71. The van der Waals surface area contributed by atoms with Gasteiger partial charge >= 0.3 is 12.1 Å². The van der Waals surface area contributed by atoms with Crippen LogP contribution in [0.4, 0.5) is 4.79 Å². The maximum Gasteiger partial charge on any atom is 0.402 e. The third kappa shape index (κ3) is 14.1. The number of carboxylic acids is 1. The highest BCUT2D eigenvalue weighted by atomic mass is 16.4. The van der Waals surface area contributed by atoms with E-state index in [9.17, 15) is 4.79 Å². The summed E-state index contributed by atoms with van der Waals surface area (Å²) in [6.45, 7) is 0. The van der Waals surface area contributed by atoms with Gasteiger partial charge in [-0.3, -0.25) is 0 Å². The third-order valence-electron chi connectivity index (χ3n) is 2.67. The van der Waals surface area contributed by atoms with E-state index in [1.807, 2.05) is 0 Å². The van der Waals surface area contributed by atoms with E-state index < -0.39 is 12.1 Å². The Labute approximate surface area is 124 Å². The van der Waals surface area contributed by atoms with Crippen molar-refractivity contribution in [1.82, 2.24) is 6.15 Å². The number of rotatable bonds is 1. The highest BCUT2D eigenvalue weighted by Crippen LogP contribution is 2.14. The summed E-state index contributed by atoms with van der Waals surface area (Å²) < 4.78 is 0. The maximum atomic E-state index is 10.2. The van der Waals surface area contributed by atoms with Gasteiger partial charge in [-0.2, -0.15) is 0 Å². The number of primary amides is 1. The molecule has 1 aromatic carbocycles. The van der Waals surface area contributed by atoms with Crippen molar-refractivity contribution in [3.8, 4) is 0 Å². The van der Waals surface area contributed by atoms with Crippen LogP contribution in [0.1, 0.15) is 42.5 Å². The van der Waals surface area contributed by atoms with Crippen molar-refractivity contribution < 1.29 is 19.8 Å². The van der Waals surface area contributed by atoms with E-state index >= 15 is 0 Å². The average molecular weight is 299 g/mol. The van der Waals surface area contributed by atoms with Crippen molar-refractivity contribution in [3.63, 3.8) is 0 Å². The smallest absolute Gasteiger partial charge is 0.402 e. The quantitative estimate of drug-likeness (QED) is 0.534. The van der Waals surface area contributed by atoms with Gasteiger partial charge in [0, 0.05) is 6.04 Å². The zero-order valence-electron chi connectivity index (χ0n) is 12.1. The summed E-state index contributed by atoms with van der Waals surface area (Å²) in [4.78, 5) is 19.0. The highest BCUT2D eigenvalue weighted by Gasteiger charge is 2.06. The topological polar surface area (TPSA) is 162 Å². The minimum atomic E-state index is -1.33. The van der Waals surface area contributed by atoms with E-state index in [1.54, 1.807) is 30.3 Å². The van der Waals surface area contributed by atoms with Gasteiger partial charge in [-0.25, -0.2) is 9.59 Å². The molecule has 0 bridgehead atoms. The number of aromatic carboxylic acids is 1. The van der Waals surface area contributed by atoms with Gasteiger partial charge in [-0.05, 0) is 25.0 Å². The molecule has 0 heterocycles. The SMILES string of the molecule is N.NC(=O)O.NC1CCCCC1.O=C(O)c1ccccc1. The normalized spacial score (nSPS) is 13.4. The van der Waals surface area contributed by atoms with Gasteiger partial charge in [0.05, 0.1) is 5.56 Å². The van der Waals surface area contributed by atoms with Crippen LogP contribution in [0, 0.1) is 0 Å². The number of hydrogen-bond donors (Lipinski definition) is 5. The Morgan fingerprint density at radius 3 is 1.67 bits per heavy atom. The predicted octanol–water partition coefficient (Wildman–Crippen LogP) is 2.45. The van der Waals surface area contributed by atoms with Crippen LogP contribution in [-0.4, -0.2) is 28.3 Å². The lowest BCUT2D eigenvalue weighted by atomic mass is 9.97. The molecule has 0 aromatic heterocycles. The summed E-state index contributed by atoms with van der Waals surface area (Å²) in [6.07, 6.45) is 5.33. The number of carbonyl (C=O) groups is 2. The van der Waals surface area contributed by atoms with E-state index in [1.165, 1.54) is 32.1 Å².